The number of hydrogen-bond donors (Lipinski definition) is 3. The number of Topliss-reactive ketones (excluding diaryl/α,β-unsaturated/α-hetero) is 2. The van der Waals surface area contributed by atoms with Crippen molar-refractivity contribution < 1.29 is 24.5 Å². The fourth-order valence-electron chi connectivity index (χ4n) is 7.84. The number of phenolic OH excluding ortho intramolecular Hbond substituents is 1. The number of aromatic hydroxyl groups is 1. The molecule has 0 unspecified atom stereocenters. The number of rotatable bonds is 7. The number of aliphatic hydroxyl groups excluding tert-OH is 1. The van der Waals surface area contributed by atoms with Crippen LogP contribution in [0.5, 0.6) is 11.5 Å². The van der Waals surface area contributed by atoms with Crippen LogP contribution in [0.3, 0.4) is 0 Å². The van der Waals surface area contributed by atoms with Gasteiger partial charge in [-0.25, -0.2) is 0 Å². The number of methoxy groups -OCH3 is 1. The third kappa shape index (κ3) is 5.80. The van der Waals surface area contributed by atoms with Crippen LogP contribution >= 0.6 is 0 Å². The Morgan fingerprint density at radius 3 is 2.76 bits per heavy atom. The molecule has 3 fully saturated rings. The molecule has 1 saturated heterocycles. The summed E-state index contributed by atoms with van der Waals surface area (Å²) < 4.78 is 5.24. The lowest BCUT2D eigenvalue weighted by atomic mass is 9.63. The lowest BCUT2D eigenvalue weighted by molar-refractivity contribution is -0.124. The zero-order valence-electron chi connectivity index (χ0n) is 22.8. The van der Waals surface area contributed by atoms with E-state index in [1.165, 1.54) is 39.2 Å². The number of carbonyl (C=O) groups is 2. The average Bonchev–Trinajstić information content (AvgIpc) is 3.41. The molecule has 0 amide bonds. The first-order valence-electron chi connectivity index (χ1n) is 14.7. The Bertz CT molecular complexity index is 1100. The number of piperidine rings is 1. The fraction of sp³-hybridized carbons (Fsp3) is 0.688. The first kappa shape index (κ1) is 27.2. The van der Waals surface area contributed by atoms with Gasteiger partial charge in [0.25, 0.3) is 0 Å². The van der Waals surface area contributed by atoms with Crippen molar-refractivity contribution in [1.29, 1.82) is 0 Å². The van der Waals surface area contributed by atoms with Gasteiger partial charge >= 0.3 is 0 Å². The molecular formula is C32H43NO5. The number of nitrogens with one attached hydrogen (secondary N) is 1. The van der Waals surface area contributed by atoms with Crippen molar-refractivity contribution in [2.45, 2.75) is 102 Å². The molecule has 0 spiro atoms. The number of carbonyl (C=O) groups excluding carboxylic acids is 2. The topological polar surface area (TPSA) is 95.9 Å². The number of benzene rings is 1. The molecule has 5 atom stereocenters. The maximum Gasteiger partial charge on any atom is 0.160 e. The monoisotopic (exact) mass is 521 g/mol. The van der Waals surface area contributed by atoms with Crippen molar-refractivity contribution in [3.8, 4) is 23.3 Å². The zero-order chi connectivity index (χ0) is 26.7. The number of fused-ring (bicyclic) bond motifs is 2. The second-order valence-electron chi connectivity index (χ2n) is 12.3. The lowest BCUT2D eigenvalue weighted by Crippen LogP contribution is -2.52. The molecule has 0 bridgehead atoms. The fourth-order valence-corrected chi connectivity index (χ4v) is 7.84. The summed E-state index contributed by atoms with van der Waals surface area (Å²) in [6.45, 7) is 1.00. The van der Waals surface area contributed by atoms with Gasteiger partial charge in [0.1, 0.15) is 11.7 Å². The molecule has 6 nitrogen and oxygen atoms in total. The molecule has 3 N–H and O–H groups in total. The van der Waals surface area contributed by atoms with Crippen LogP contribution in [0.2, 0.25) is 0 Å². The van der Waals surface area contributed by atoms with Crippen LogP contribution in [0.25, 0.3) is 0 Å². The minimum Gasteiger partial charge on any atom is -0.504 e. The molecule has 1 aliphatic heterocycles. The molecule has 0 aromatic heterocycles. The van der Waals surface area contributed by atoms with Gasteiger partial charge in [0.05, 0.1) is 13.2 Å². The maximum atomic E-state index is 13.1. The van der Waals surface area contributed by atoms with Crippen LogP contribution in [-0.4, -0.2) is 47.6 Å². The van der Waals surface area contributed by atoms with E-state index in [1.54, 1.807) is 12.1 Å². The summed E-state index contributed by atoms with van der Waals surface area (Å²) in [5, 5.41) is 25.0. The van der Waals surface area contributed by atoms with E-state index in [2.05, 4.69) is 17.2 Å². The number of ether oxygens (including phenoxy) is 1. The summed E-state index contributed by atoms with van der Waals surface area (Å²) in [7, 11) is 1.52. The number of aliphatic hydroxyl groups is 1. The van der Waals surface area contributed by atoms with E-state index in [4.69, 9.17) is 4.74 Å². The predicted octanol–water partition coefficient (Wildman–Crippen LogP) is 4.52. The lowest BCUT2D eigenvalue weighted by Gasteiger charge is -2.47. The van der Waals surface area contributed by atoms with Gasteiger partial charge in [0, 0.05) is 31.7 Å². The van der Waals surface area contributed by atoms with Crippen molar-refractivity contribution in [3.05, 3.63) is 23.3 Å². The largest absolute Gasteiger partial charge is 0.504 e. The molecule has 3 aliphatic carbocycles. The maximum absolute atomic E-state index is 13.1. The Morgan fingerprint density at radius 1 is 1.16 bits per heavy atom. The Morgan fingerprint density at radius 2 is 1.97 bits per heavy atom. The Balaban J connectivity index is 1.19. The van der Waals surface area contributed by atoms with Crippen molar-refractivity contribution in [2.24, 2.45) is 23.2 Å². The molecule has 4 aliphatic rings. The van der Waals surface area contributed by atoms with Gasteiger partial charge in [0.15, 0.2) is 17.3 Å². The van der Waals surface area contributed by atoms with Gasteiger partial charge < -0.3 is 20.3 Å². The minimum atomic E-state index is -0.754. The van der Waals surface area contributed by atoms with Crippen LogP contribution in [-0.2, 0) is 22.4 Å². The number of aryl methyl sites for hydroxylation is 1. The van der Waals surface area contributed by atoms with E-state index in [-0.39, 0.29) is 11.5 Å². The molecule has 0 radical (unpaired) electrons. The molecule has 206 valence electrons. The van der Waals surface area contributed by atoms with Crippen molar-refractivity contribution in [1.82, 2.24) is 5.32 Å². The number of hydrogen-bond acceptors (Lipinski definition) is 6. The van der Waals surface area contributed by atoms with Gasteiger partial charge in [-0.05, 0) is 92.0 Å². The summed E-state index contributed by atoms with van der Waals surface area (Å²) in [6, 6.07) is 3.85. The highest BCUT2D eigenvalue weighted by atomic mass is 16.5. The Kier molecular flexibility index (Phi) is 8.45. The molecule has 1 aromatic rings. The zero-order valence-corrected chi connectivity index (χ0v) is 22.8. The standard InChI is InChI=1S/C32H43NO5/c1-38-31-18-22-10-12-29(36)26(7-4-6-21(22)17-30(31)37)28(35)8-5-15-32(13-2-3-14-32)24-16-23-9-11-25(34)19-27(23)33-20-24/h17-18,23-24,26-28,33,35,37H,2-3,5-6,8-16,19-20H2,1H3/t23-,24+,26-,27-,28-/m1/s1. The van der Waals surface area contributed by atoms with E-state index < -0.39 is 12.0 Å². The van der Waals surface area contributed by atoms with Gasteiger partial charge in [-0.2, -0.15) is 0 Å². The highest BCUT2D eigenvalue weighted by Gasteiger charge is 2.45. The first-order chi connectivity index (χ1) is 18.4. The average molecular weight is 522 g/mol. The van der Waals surface area contributed by atoms with Crippen molar-refractivity contribution >= 4 is 11.6 Å². The highest BCUT2D eigenvalue weighted by Crippen LogP contribution is 2.52. The van der Waals surface area contributed by atoms with E-state index in [0.717, 1.165) is 43.4 Å². The second kappa shape index (κ2) is 11.8. The summed E-state index contributed by atoms with van der Waals surface area (Å²) in [5.74, 6) is 7.68. The third-order valence-corrected chi connectivity index (χ3v) is 10.1. The van der Waals surface area contributed by atoms with Crippen LogP contribution in [0.15, 0.2) is 12.1 Å². The Hall–Kier alpha value is -2.36. The van der Waals surface area contributed by atoms with Gasteiger partial charge in [-0.15, -0.1) is 0 Å². The molecule has 5 rings (SSSR count). The van der Waals surface area contributed by atoms with E-state index in [0.29, 0.717) is 66.9 Å². The Labute approximate surface area is 226 Å². The van der Waals surface area contributed by atoms with Crippen LogP contribution in [0, 0.1) is 35.0 Å². The SMILES string of the molecule is COc1cc2c(cc1O)CC#C[C@H]([C@H](O)CCCC1([C@@H]3CN[C@@H]4CC(=O)CC[C@@H]4C3)CCCC1)C(=O)CC2. The third-order valence-electron chi connectivity index (χ3n) is 10.1. The van der Waals surface area contributed by atoms with Gasteiger partial charge in [0.2, 0.25) is 0 Å². The smallest absolute Gasteiger partial charge is 0.160 e. The van der Waals surface area contributed by atoms with Crippen LogP contribution in [0.1, 0.15) is 88.2 Å². The van der Waals surface area contributed by atoms with Crippen LogP contribution in [0.4, 0.5) is 0 Å². The molecule has 1 heterocycles. The van der Waals surface area contributed by atoms with Crippen molar-refractivity contribution in [2.75, 3.05) is 13.7 Å². The van der Waals surface area contributed by atoms with E-state index in [1.807, 2.05) is 0 Å². The summed E-state index contributed by atoms with van der Waals surface area (Å²) in [5.41, 5.74) is 2.19. The highest BCUT2D eigenvalue weighted by molar-refractivity contribution is 5.84. The molecular weight excluding hydrogens is 478 g/mol. The normalized spacial score (nSPS) is 29.6. The second-order valence-corrected chi connectivity index (χ2v) is 12.3. The van der Waals surface area contributed by atoms with Gasteiger partial charge in [-0.1, -0.05) is 31.1 Å². The molecule has 6 heteroatoms. The summed E-state index contributed by atoms with van der Waals surface area (Å²) in [6.07, 6.45) is 11.9. The first-order valence-corrected chi connectivity index (χ1v) is 14.7. The quantitative estimate of drug-likeness (QED) is 0.457. The summed E-state index contributed by atoms with van der Waals surface area (Å²) in [4.78, 5) is 25.0. The van der Waals surface area contributed by atoms with E-state index in [9.17, 15) is 19.8 Å². The molecule has 1 aromatic carbocycles. The van der Waals surface area contributed by atoms with Crippen molar-refractivity contribution in [3.63, 3.8) is 0 Å². The molecule has 38 heavy (non-hydrogen) atoms. The summed E-state index contributed by atoms with van der Waals surface area (Å²) >= 11 is 0. The number of phenols is 1. The van der Waals surface area contributed by atoms with E-state index >= 15 is 0 Å². The van der Waals surface area contributed by atoms with Gasteiger partial charge in [-0.3, -0.25) is 9.59 Å². The molecule has 2 saturated carbocycles. The number of ketones is 2. The van der Waals surface area contributed by atoms with Crippen LogP contribution < -0.4 is 10.1 Å². The predicted molar refractivity (Wildman–Crippen MR) is 146 cm³/mol. The minimum absolute atomic E-state index is 0.00478.